The second kappa shape index (κ2) is 7.08. The molecule has 0 heterocycles. The Labute approximate surface area is 136 Å². The minimum atomic E-state index is -0.803. The van der Waals surface area contributed by atoms with Gasteiger partial charge in [0.15, 0.2) is 11.6 Å². The molecule has 1 fully saturated rings. The third-order valence-electron chi connectivity index (χ3n) is 4.87. The Morgan fingerprint density at radius 1 is 0.826 bits per heavy atom. The standard InChI is InChI=1S/C21H22F2/c1-2-3-15-4-6-16(7-5-15)17-8-10-18(11-9-17)19-12-13-20(22)21(23)14-19/h2-3,8-16H,4-7H2,1H3/t15-,16-. The molecule has 0 aliphatic heterocycles. The first-order valence-corrected chi connectivity index (χ1v) is 8.35. The van der Waals surface area contributed by atoms with Crippen molar-refractivity contribution in [3.63, 3.8) is 0 Å². The van der Waals surface area contributed by atoms with Gasteiger partial charge in [0.05, 0.1) is 0 Å². The van der Waals surface area contributed by atoms with Gasteiger partial charge < -0.3 is 0 Å². The SMILES string of the molecule is CC=C[C@H]1CC[C@H](c2ccc(-c3ccc(F)c(F)c3)cc2)CC1. The van der Waals surface area contributed by atoms with Crippen LogP contribution >= 0.6 is 0 Å². The lowest BCUT2D eigenvalue weighted by atomic mass is 9.78. The summed E-state index contributed by atoms with van der Waals surface area (Å²) in [6.07, 6.45) is 9.42. The molecule has 0 atom stereocenters. The first-order valence-electron chi connectivity index (χ1n) is 8.35. The lowest BCUT2D eigenvalue weighted by molar-refractivity contribution is 0.376. The van der Waals surface area contributed by atoms with Gasteiger partial charge >= 0.3 is 0 Å². The van der Waals surface area contributed by atoms with Crippen LogP contribution in [0.15, 0.2) is 54.6 Å². The Kier molecular flexibility index (Phi) is 4.90. The molecule has 0 radical (unpaired) electrons. The molecule has 0 amide bonds. The highest BCUT2D eigenvalue weighted by atomic mass is 19.2. The summed E-state index contributed by atoms with van der Waals surface area (Å²) in [5, 5.41) is 0. The summed E-state index contributed by atoms with van der Waals surface area (Å²) in [5.41, 5.74) is 3.00. The van der Waals surface area contributed by atoms with Gasteiger partial charge in [-0.25, -0.2) is 8.78 Å². The zero-order chi connectivity index (χ0) is 16.2. The lowest BCUT2D eigenvalue weighted by Crippen LogP contribution is -2.11. The molecule has 1 aliphatic rings. The Bertz CT molecular complexity index is 677. The fourth-order valence-electron chi connectivity index (χ4n) is 3.54. The summed E-state index contributed by atoms with van der Waals surface area (Å²) in [4.78, 5) is 0. The molecule has 0 unspecified atom stereocenters. The summed E-state index contributed by atoms with van der Waals surface area (Å²) in [7, 11) is 0. The molecule has 0 N–H and O–H groups in total. The van der Waals surface area contributed by atoms with Gasteiger partial charge in [-0.2, -0.15) is 0 Å². The Hall–Kier alpha value is -1.96. The van der Waals surface area contributed by atoms with Gasteiger partial charge in [-0.1, -0.05) is 42.5 Å². The highest BCUT2D eigenvalue weighted by molar-refractivity contribution is 5.63. The first kappa shape index (κ1) is 15.9. The van der Waals surface area contributed by atoms with Crippen molar-refractivity contribution >= 4 is 0 Å². The summed E-state index contributed by atoms with van der Waals surface area (Å²) < 4.78 is 26.4. The molecule has 3 rings (SSSR count). The van der Waals surface area contributed by atoms with E-state index < -0.39 is 11.6 Å². The fraction of sp³-hybridized carbons (Fsp3) is 0.333. The summed E-state index contributed by atoms with van der Waals surface area (Å²) in [5.74, 6) is -0.245. The second-order valence-electron chi connectivity index (χ2n) is 6.39. The van der Waals surface area contributed by atoms with E-state index in [1.165, 1.54) is 43.4 Å². The van der Waals surface area contributed by atoms with E-state index in [2.05, 4.69) is 31.2 Å². The summed E-state index contributed by atoms with van der Waals surface area (Å²) in [6.45, 7) is 2.09. The molecule has 0 bridgehead atoms. The van der Waals surface area contributed by atoms with Crippen LogP contribution in [-0.4, -0.2) is 0 Å². The van der Waals surface area contributed by atoms with E-state index in [4.69, 9.17) is 0 Å². The summed E-state index contributed by atoms with van der Waals surface area (Å²) in [6, 6.07) is 12.4. The van der Waals surface area contributed by atoms with Crippen LogP contribution in [0.1, 0.15) is 44.1 Å². The van der Waals surface area contributed by atoms with Gasteiger partial charge in [0.2, 0.25) is 0 Å². The van der Waals surface area contributed by atoms with Crippen molar-refractivity contribution in [3.05, 3.63) is 71.8 Å². The predicted octanol–water partition coefficient (Wildman–Crippen LogP) is 6.48. The fourth-order valence-corrected chi connectivity index (χ4v) is 3.54. The lowest BCUT2D eigenvalue weighted by Gasteiger charge is -2.27. The van der Waals surface area contributed by atoms with Crippen molar-refractivity contribution in [2.75, 3.05) is 0 Å². The Morgan fingerprint density at radius 3 is 2.09 bits per heavy atom. The van der Waals surface area contributed by atoms with Crippen LogP contribution in [-0.2, 0) is 0 Å². The normalized spacial score (nSPS) is 21.7. The van der Waals surface area contributed by atoms with Gasteiger partial charge in [-0.05, 0) is 73.3 Å². The van der Waals surface area contributed by atoms with Gasteiger partial charge in [0.1, 0.15) is 0 Å². The average Bonchev–Trinajstić information content (AvgIpc) is 2.59. The van der Waals surface area contributed by atoms with E-state index in [1.54, 1.807) is 6.07 Å². The van der Waals surface area contributed by atoms with Gasteiger partial charge in [-0.3, -0.25) is 0 Å². The molecular formula is C21H22F2. The molecule has 1 aliphatic carbocycles. The highest BCUT2D eigenvalue weighted by Gasteiger charge is 2.20. The van der Waals surface area contributed by atoms with Crippen molar-refractivity contribution < 1.29 is 8.78 Å². The van der Waals surface area contributed by atoms with Crippen molar-refractivity contribution in [1.29, 1.82) is 0 Å². The first-order chi connectivity index (χ1) is 11.2. The maximum absolute atomic E-state index is 13.4. The molecule has 2 aromatic carbocycles. The third kappa shape index (κ3) is 3.69. The molecule has 0 spiro atoms. The average molecular weight is 312 g/mol. The van der Waals surface area contributed by atoms with Crippen molar-refractivity contribution in [1.82, 2.24) is 0 Å². The van der Waals surface area contributed by atoms with Crippen LogP contribution in [0.5, 0.6) is 0 Å². The third-order valence-corrected chi connectivity index (χ3v) is 4.87. The molecule has 0 saturated heterocycles. The van der Waals surface area contributed by atoms with Crippen LogP contribution in [0.3, 0.4) is 0 Å². The molecule has 2 aromatic rings. The maximum atomic E-state index is 13.4. The molecule has 0 nitrogen and oxygen atoms in total. The highest BCUT2D eigenvalue weighted by Crippen LogP contribution is 2.37. The summed E-state index contributed by atoms with van der Waals surface area (Å²) >= 11 is 0. The zero-order valence-electron chi connectivity index (χ0n) is 13.4. The second-order valence-corrected chi connectivity index (χ2v) is 6.39. The van der Waals surface area contributed by atoms with E-state index in [0.717, 1.165) is 11.5 Å². The van der Waals surface area contributed by atoms with Crippen molar-refractivity contribution in [2.24, 2.45) is 5.92 Å². The van der Waals surface area contributed by atoms with E-state index in [9.17, 15) is 8.78 Å². The van der Waals surface area contributed by atoms with Gasteiger partial charge in [-0.15, -0.1) is 0 Å². The Balaban J connectivity index is 1.71. The number of hydrogen-bond donors (Lipinski definition) is 0. The smallest absolute Gasteiger partial charge is 0.159 e. The minimum absolute atomic E-state index is 0.621. The van der Waals surface area contributed by atoms with Crippen molar-refractivity contribution in [2.45, 2.75) is 38.5 Å². The molecule has 2 heteroatoms. The number of hydrogen-bond acceptors (Lipinski definition) is 0. The van der Waals surface area contributed by atoms with Crippen LogP contribution in [0.4, 0.5) is 8.78 Å². The van der Waals surface area contributed by atoms with E-state index in [1.807, 2.05) is 12.1 Å². The quantitative estimate of drug-likeness (QED) is 0.569. The molecule has 1 saturated carbocycles. The number of allylic oxidation sites excluding steroid dienone is 2. The minimum Gasteiger partial charge on any atom is -0.204 e. The van der Waals surface area contributed by atoms with E-state index in [-0.39, 0.29) is 0 Å². The van der Waals surface area contributed by atoms with Crippen LogP contribution in [0, 0.1) is 17.6 Å². The van der Waals surface area contributed by atoms with Crippen LogP contribution in [0.25, 0.3) is 11.1 Å². The zero-order valence-corrected chi connectivity index (χ0v) is 13.4. The topological polar surface area (TPSA) is 0 Å². The predicted molar refractivity (Wildman–Crippen MR) is 91.3 cm³/mol. The molecule has 120 valence electrons. The number of halogens is 2. The molecule has 23 heavy (non-hydrogen) atoms. The largest absolute Gasteiger partial charge is 0.204 e. The maximum Gasteiger partial charge on any atom is 0.159 e. The number of rotatable bonds is 3. The van der Waals surface area contributed by atoms with Crippen LogP contribution in [0.2, 0.25) is 0 Å². The Morgan fingerprint density at radius 2 is 1.48 bits per heavy atom. The molecule has 0 aromatic heterocycles. The van der Waals surface area contributed by atoms with Gasteiger partial charge in [0, 0.05) is 0 Å². The number of benzene rings is 2. The van der Waals surface area contributed by atoms with E-state index >= 15 is 0 Å². The van der Waals surface area contributed by atoms with E-state index in [0.29, 0.717) is 11.5 Å². The van der Waals surface area contributed by atoms with Crippen molar-refractivity contribution in [3.8, 4) is 11.1 Å². The van der Waals surface area contributed by atoms with Gasteiger partial charge in [0.25, 0.3) is 0 Å². The van der Waals surface area contributed by atoms with Crippen LogP contribution < -0.4 is 0 Å². The molecular weight excluding hydrogens is 290 g/mol. The monoisotopic (exact) mass is 312 g/mol.